The van der Waals surface area contributed by atoms with Crippen LogP contribution in [-0.2, 0) is 6.61 Å². The molecule has 7 nitrogen and oxygen atoms in total. The van der Waals surface area contributed by atoms with Gasteiger partial charge in [0.2, 0.25) is 0 Å². The van der Waals surface area contributed by atoms with Crippen LogP contribution < -0.4 is 21.5 Å². The van der Waals surface area contributed by atoms with Crippen molar-refractivity contribution in [1.29, 1.82) is 5.41 Å². The summed E-state index contributed by atoms with van der Waals surface area (Å²) in [7, 11) is 1.63. The van der Waals surface area contributed by atoms with Crippen LogP contribution in [0.15, 0.2) is 46.6 Å². The Morgan fingerprint density at radius 2 is 2.16 bits per heavy atom. The number of hydrogen-bond donors (Lipinski definition) is 4. The minimum Gasteiger partial charge on any atom is -0.485 e. The van der Waals surface area contributed by atoms with Crippen LogP contribution in [0.25, 0.3) is 11.4 Å². The summed E-state index contributed by atoms with van der Waals surface area (Å²) in [5.41, 5.74) is 16.5. The Morgan fingerprint density at radius 1 is 1.39 bits per heavy atom. The van der Waals surface area contributed by atoms with Crippen molar-refractivity contribution in [1.82, 2.24) is 10.3 Å². The first-order valence-corrected chi connectivity index (χ1v) is 10.0. The van der Waals surface area contributed by atoms with Crippen molar-refractivity contribution in [2.24, 2.45) is 10.7 Å². The zero-order valence-electron chi connectivity index (χ0n) is 17.3. The van der Waals surface area contributed by atoms with E-state index in [-0.39, 0.29) is 24.0 Å². The fourth-order valence-corrected chi connectivity index (χ4v) is 3.53. The van der Waals surface area contributed by atoms with Crippen LogP contribution in [0, 0.1) is 11.2 Å². The van der Waals surface area contributed by atoms with Gasteiger partial charge in [0.1, 0.15) is 17.6 Å². The first-order valence-electron chi connectivity index (χ1n) is 9.65. The summed E-state index contributed by atoms with van der Waals surface area (Å²) in [5, 5.41) is 11.3. The lowest BCUT2D eigenvalue weighted by atomic mass is 9.95. The van der Waals surface area contributed by atoms with Crippen molar-refractivity contribution in [2.45, 2.75) is 20.0 Å². The predicted molar refractivity (Wildman–Crippen MR) is 124 cm³/mol. The van der Waals surface area contributed by atoms with Gasteiger partial charge in [0, 0.05) is 66.1 Å². The normalized spacial score (nSPS) is 19.2. The molecule has 162 valence electrons. The molecule has 0 aliphatic carbocycles. The van der Waals surface area contributed by atoms with E-state index < -0.39 is 5.82 Å². The lowest BCUT2D eigenvalue weighted by Gasteiger charge is -2.20. The molecular formula is C22H24ClFN6O. The Morgan fingerprint density at radius 3 is 2.84 bits per heavy atom. The molecule has 0 spiro atoms. The van der Waals surface area contributed by atoms with E-state index in [1.165, 1.54) is 12.1 Å². The summed E-state index contributed by atoms with van der Waals surface area (Å²) in [6, 6.07) is 6.02. The van der Waals surface area contributed by atoms with Gasteiger partial charge >= 0.3 is 0 Å². The van der Waals surface area contributed by atoms with Gasteiger partial charge in [-0.3, -0.25) is 10.4 Å². The summed E-state index contributed by atoms with van der Waals surface area (Å²) < 4.78 is 19.9. The van der Waals surface area contributed by atoms with Crippen molar-refractivity contribution in [2.75, 3.05) is 19.3 Å². The molecule has 9 heteroatoms. The number of aromatic nitrogens is 1. The average Bonchev–Trinajstić information content (AvgIpc) is 2.73. The smallest absolute Gasteiger partial charge is 0.166 e. The largest absolute Gasteiger partial charge is 0.485 e. The van der Waals surface area contributed by atoms with Gasteiger partial charge in [0.15, 0.2) is 11.6 Å². The third-order valence-electron chi connectivity index (χ3n) is 4.83. The number of ether oxygens (including phenoxy) is 1. The quantitative estimate of drug-likeness (QED) is 0.538. The number of anilines is 1. The van der Waals surface area contributed by atoms with Crippen molar-refractivity contribution in [3.63, 3.8) is 0 Å². The van der Waals surface area contributed by atoms with Gasteiger partial charge in [-0.2, -0.15) is 0 Å². The lowest BCUT2D eigenvalue weighted by Crippen LogP contribution is -2.18. The minimum absolute atomic E-state index is 0.0398. The SMILES string of the molecule is CCN/C1=C(\C(=N)Cl)C/C(C=NC)=C(/N)c2ccc(F)cc2COc2cc1cnc2N. The molecule has 2 aromatic rings. The lowest BCUT2D eigenvalue weighted by molar-refractivity contribution is 0.306. The summed E-state index contributed by atoms with van der Waals surface area (Å²) in [6.07, 6.45) is 3.43. The number of nitrogens with two attached hydrogens (primary N) is 2. The number of allylic oxidation sites excluding steroid dienone is 2. The summed E-state index contributed by atoms with van der Waals surface area (Å²) in [6.45, 7) is 2.56. The number of nitrogens with one attached hydrogen (secondary N) is 2. The van der Waals surface area contributed by atoms with Crippen molar-refractivity contribution in [3.05, 3.63) is 64.1 Å². The van der Waals surface area contributed by atoms with E-state index in [9.17, 15) is 4.39 Å². The fourth-order valence-electron chi connectivity index (χ4n) is 3.37. The highest BCUT2D eigenvalue weighted by atomic mass is 35.5. The summed E-state index contributed by atoms with van der Waals surface area (Å²) >= 11 is 6.21. The van der Waals surface area contributed by atoms with Crippen molar-refractivity contribution in [3.8, 4) is 5.75 Å². The topological polar surface area (TPSA) is 122 Å². The van der Waals surface area contributed by atoms with Gasteiger partial charge in [-0.25, -0.2) is 9.37 Å². The molecule has 2 bridgehead atoms. The molecule has 3 rings (SSSR count). The molecule has 1 aromatic heterocycles. The van der Waals surface area contributed by atoms with Crippen LogP contribution in [0.2, 0.25) is 0 Å². The standard InChI is InChI=1S/C22H24ClFN6O/c1-3-29-20-13-8-18(22(27)30-10-13)31-11-14-6-15(24)4-5-16(14)19(25)12(9-28-2)7-17(20)21(23)26/h4-6,8-10,26,29H,3,7,11,25H2,1-2H3,(H2,27,30)/b19-12-,20-17-,26-21?,28-9?. The maximum atomic E-state index is 14.0. The number of pyridine rings is 1. The Kier molecular flexibility index (Phi) is 6.91. The number of hydrogen-bond acceptors (Lipinski definition) is 7. The molecule has 0 unspecified atom stereocenters. The molecular weight excluding hydrogens is 419 g/mol. The van der Waals surface area contributed by atoms with E-state index in [4.69, 9.17) is 33.2 Å². The van der Waals surface area contributed by atoms with Crippen LogP contribution in [-0.4, -0.2) is 30.0 Å². The molecule has 0 fully saturated rings. The monoisotopic (exact) mass is 442 g/mol. The zero-order valence-corrected chi connectivity index (χ0v) is 18.1. The molecule has 0 saturated carbocycles. The molecule has 1 aliphatic rings. The second-order valence-electron chi connectivity index (χ2n) is 6.90. The highest BCUT2D eigenvalue weighted by molar-refractivity contribution is 6.69. The molecule has 6 N–H and O–H groups in total. The molecule has 31 heavy (non-hydrogen) atoms. The van der Waals surface area contributed by atoms with E-state index >= 15 is 0 Å². The Hall–Kier alpha value is -3.39. The van der Waals surface area contributed by atoms with Crippen LogP contribution >= 0.6 is 11.6 Å². The second kappa shape index (κ2) is 9.61. The third-order valence-corrected chi connectivity index (χ3v) is 5.06. The Bertz CT molecular complexity index is 1110. The fraction of sp³-hybridized carbons (Fsp3) is 0.227. The van der Waals surface area contributed by atoms with E-state index in [1.807, 2.05) is 6.92 Å². The number of benzene rings is 1. The highest BCUT2D eigenvalue weighted by Gasteiger charge is 2.20. The molecule has 2 heterocycles. The highest BCUT2D eigenvalue weighted by Crippen LogP contribution is 2.32. The number of nitrogen functional groups attached to an aromatic ring is 1. The molecule has 0 amide bonds. The number of aliphatic imine (C=N–C) groups is 1. The molecule has 0 saturated heterocycles. The van der Waals surface area contributed by atoms with Crippen LogP contribution in [0.1, 0.15) is 30.0 Å². The Labute approximate surface area is 185 Å². The molecule has 0 radical (unpaired) electrons. The molecule has 1 aromatic carbocycles. The third kappa shape index (κ3) is 4.86. The summed E-state index contributed by atoms with van der Waals surface area (Å²) in [5.74, 6) is 0.117. The zero-order chi connectivity index (χ0) is 22.5. The van der Waals surface area contributed by atoms with E-state index in [2.05, 4.69) is 15.3 Å². The van der Waals surface area contributed by atoms with Crippen molar-refractivity contribution >= 4 is 40.2 Å². The molecule has 1 aliphatic heterocycles. The number of halogens is 2. The number of nitrogens with zero attached hydrogens (tertiary/aromatic N) is 2. The van der Waals surface area contributed by atoms with Gasteiger partial charge in [0.25, 0.3) is 0 Å². The average molecular weight is 443 g/mol. The molecule has 0 atom stereocenters. The predicted octanol–water partition coefficient (Wildman–Crippen LogP) is 3.69. The van der Waals surface area contributed by atoms with E-state index in [0.29, 0.717) is 51.5 Å². The van der Waals surface area contributed by atoms with E-state index in [0.717, 1.165) is 0 Å². The summed E-state index contributed by atoms with van der Waals surface area (Å²) in [4.78, 5) is 8.34. The van der Waals surface area contributed by atoms with Crippen LogP contribution in [0.5, 0.6) is 5.75 Å². The van der Waals surface area contributed by atoms with Gasteiger partial charge in [-0.1, -0.05) is 11.6 Å². The van der Waals surface area contributed by atoms with Crippen molar-refractivity contribution < 1.29 is 9.13 Å². The second-order valence-corrected chi connectivity index (χ2v) is 7.28. The number of rotatable bonds is 4. The first-order chi connectivity index (χ1) is 14.8. The van der Waals surface area contributed by atoms with Gasteiger partial charge < -0.3 is 21.5 Å². The van der Waals surface area contributed by atoms with Gasteiger partial charge in [0.05, 0.1) is 0 Å². The van der Waals surface area contributed by atoms with Gasteiger partial charge in [-0.05, 0) is 36.8 Å². The Balaban J connectivity index is 2.35. The van der Waals surface area contributed by atoms with Gasteiger partial charge in [-0.15, -0.1) is 0 Å². The minimum atomic E-state index is -0.412. The first kappa shape index (κ1) is 22.3. The maximum Gasteiger partial charge on any atom is 0.166 e. The maximum absolute atomic E-state index is 14.0. The van der Waals surface area contributed by atoms with Crippen LogP contribution in [0.4, 0.5) is 10.2 Å². The number of fused-ring (bicyclic) bond motifs is 3. The van der Waals surface area contributed by atoms with E-state index in [1.54, 1.807) is 31.6 Å². The van der Waals surface area contributed by atoms with Crippen LogP contribution in [0.3, 0.4) is 0 Å².